The van der Waals surface area contributed by atoms with E-state index in [0.717, 1.165) is 0 Å². The first-order valence-electron chi connectivity index (χ1n) is 10.8. The highest BCUT2D eigenvalue weighted by Gasteiger charge is 2.74. The normalized spacial score (nSPS) is 31.5. The van der Waals surface area contributed by atoms with Crippen LogP contribution in [0.5, 0.6) is 0 Å². The second kappa shape index (κ2) is 8.72. The number of thioether (sulfide) groups is 1. The number of nitrogens with zero attached hydrogens (tertiary/aromatic N) is 2. The Bertz CT molecular complexity index is 937. The molecule has 9 heteroatoms. The zero-order valence-electron chi connectivity index (χ0n) is 17.8. The van der Waals surface area contributed by atoms with E-state index in [9.17, 15) is 24.6 Å². The summed E-state index contributed by atoms with van der Waals surface area (Å²) in [5, 5.41) is 20.3. The van der Waals surface area contributed by atoms with Crippen molar-refractivity contribution in [1.82, 2.24) is 4.90 Å². The summed E-state index contributed by atoms with van der Waals surface area (Å²) in [5.41, 5.74) is 0.621. The Labute approximate surface area is 196 Å². The molecule has 2 N–H and O–H groups in total. The predicted molar refractivity (Wildman–Crippen MR) is 124 cm³/mol. The third-order valence-electron chi connectivity index (χ3n) is 7.05. The third-order valence-corrected chi connectivity index (χ3v) is 9.25. The van der Waals surface area contributed by atoms with Gasteiger partial charge in [0.2, 0.25) is 5.91 Å². The average molecular weight is 479 g/mol. The summed E-state index contributed by atoms with van der Waals surface area (Å²) in [6, 6.07) is 5.45. The van der Waals surface area contributed by atoms with Crippen molar-refractivity contribution in [1.29, 1.82) is 0 Å². The minimum atomic E-state index is -0.992. The Morgan fingerprint density at radius 1 is 1.41 bits per heavy atom. The lowest BCUT2D eigenvalue weighted by Crippen LogP contribution is -2.57. The molecule has 172 valence electrons. The molecule has 3 saturated heterocycles. The van der Waals surface area contributed by atoms with Gasteiger partial charge in [0.1, 0.15) is 6.04 Å². The number of likely N-dealkylation sites (tertiary alicyclic amines) is 1. The van der Waals surface area contributed by atoms with Crippen LogP contribution in [0.1, 0.15) is 26.2 Å². The Balaban J connectivity index is 1.82. The quantitative estimate of drug-likeness (QED) is 0.557. The van der Waals surface area contributed by atoms with Gasteiger partial charge in [-0.2, -0.15) is 0 Å². The van der Waals surface area contributed by atoms with Crippen LogP contribution in [0.2, 0.25) is 5.02 Å². The minimum Gasteiger partial charge on any atom is -0.481 e. The lowest BCUT2D eigenvalue weighted by atomic mass is 9.71. The molecule has 0 aromatic heterocycles. The van der Waals surface area contributed by atoms with Gasteiger partial charge in [0.15, 0.2) is 0 Å². The standard InChI is InChI=1S/C23H27ClN2O5S/c1-3-11-25(15-7-5-13(24)6-8-15)21(29)19-23-10-9-16(32-23)17(22(30)31)18(23)20(28)26(19)14(4-2)12-27/h3,5-8,14,16-19,27H,1,4,9-12H2,2H3,(H,30,31)/t14-,16+,17-,18-,19?,23?/m0/s1. The average Bonchev–Trinajstić information content (AvgIpc) is 3.41. The van der Waals surface area contributed by atoms with Crippen LogP contribution in [0.25, 0.3) is 0 Å². The van der Waals surface area contributed by atoms with Gasteiger partial charge in [-0.05, 0) is 43.5 Å². The maximum Gasteiger partial charge on any atom is 0.308 e. The monoisotopic (exact) mass is 478 g/mol. The molecule has 3 heterocycles. The number of anilines is 1. The van der Waals surface area contributed by atoms with Crippen molar-refractivity contribution >= 4 is 46.8 Å². The number of aliphatic carboxylic acids is 1. The first-order chi connectivity index (χ1) is 15.3. The zero-order valence-corrected chi connectivity index (χ0v) is 19.4. The topological polar surface area (TPSA) is 98.2 Å². The lowest BCUT2D eigenvalue weighted by molar-refractivity contribution is -0.149. The number of carboxylic acid groups (broad SMARTS) is 1. The van der Waals surface area contributed by atoms with E-state index in [0.29, 0.717) is 30.0 Å². The van der Waals surface area contributed by atoms with Gasteiger partial charge in [-0.3, -0.25) is 14.4 Å². The van der Waals surface area contributed by atoms with E-state index in [1.54, 1.807) is 35.2 Å². The van der Waals surface area contributed by atoms with Crippen molar-refractivity contribution in [3.63, 3.8) is 0 Å². The molecule has 0 radical (unpaired) electrons. The van der Waals surface area contributed by atoms with Gasteiger partial charge in [-0.15, -0.1) is 18.3 Å². The summed E-state index contributed by atoms with van der Waals surface area (Å²) in [6.07, 6.45) is 3.33. The van der Waals surface area contributed by atoms with Gasteiger partial charge in [0.25, 0.3) is 5.91 Å². The van der Waals surface area contributed by atoms with Crippen LogP contribution < -0.4 is 4.90 Å². The maximum absolute atomic E-state index is 14.1. The molecular weight excluding hydrogens is 452 g/mol. The fourth-order valence-electron chi connectivity index (χ4n) is 5.68. The minimum absolute atomic E-state index is 0.184. The molecule has 3 aliphatic heterocycles. The van der Waals surface area contributed by atoms with Crippen molar-refractivity contribution in [2.24, 2.45) is 11.8 Å². The van der Waals surface area contributed by atoms with Crippen molar-refractivity contribution in [3.8, 4) is 0 Å². The van der Waals surface area contributed by atoms with E-state index in [4.69, 9.17) is 11.6 Å². The molecule has 2 amide bonds. The van der Waals surface area contributed by atoms with Crippen molar-refractivity contribution in [3.05, 3.63) is 41.9 Å². The van der Waals surface area contributed by atoms with Crippen LogP contribution in [-0.2, 0) is 14.4 Å². The van der Waals surface area contributed by atoms with Crippen LogP contribution in [-0.4, -0.2) is 68.1 Å². The van der Waals surface area contributed by atoms with Gasteiger partial charge in [0, 0.05) is 22.5 Å². The van der Waals surface area contributed by atoms with Crippen LogP contribution in [0.4, 0.5) is 5.69 Å². The van der Waals surface area contributed by atoms with E-state index in [2.05, 4.69) is 6.58 Å². The first-order valence-corrected chi connectivity index (χ1v) is 12.1. The smallest absolute Gasteiger partial charge is 0.308 e. The number of carbonyl (C=O) groups excluding carboxylic acids is 2. The number of hydrogen-bond donors (Lipinski definition) is 2. The number of carbonyl (C=O) groups is 3. The molecule has 6 atom stereocenters. The molecule has 2 bridgehead atoms. The Morgan fingerprint density at radius 3 is 2.66 bits per heavy atom. The van der Waals surface area contributed by atoms with Gasteiger partial charge in [-0.1, -0.05) is 24.6 Å². The molecular formula is C23H27ClN2O5S. The number of hydrogen-bond acceptors (Lipinski definition) is 5. The summed E-state index contributed by atoms with van der Waals surface area (Å²) in [4.78, 5) is 42.9. The van der Waals surface area contributed by atoms with E-state index < -0.39 is 34.6 Å². The summed E-state index contributed by atoms with van der Waals surface area (Å²) in [5.74, 6) is -3.20. The number of rotatable bonds is 8. The first kappa shape index (κ1) is 23.1. The number of aliphatic hydroxyl groups is 1. The fraction of sp³-hybridized carbons (Fsp3) is 0.522. The summed E-state index contributed by atoms with van der Waals surface area (Å²) < 4.78 is -0.809. The second-order valence-electron chi connectivity index (χ2n) is 8.60. The third kappa shape index (κ3) is 3.35. The molecule has 2 unspecified atom stereocenters. The second-order valence-corrected chi connectivity index (χ2v) is 10.6. The largest absolute Gasteiger partial charge is 0.481 e. The van der Waals surface area contributed by atoms with E-state index in [-0.39, 0.29) is 30.2 Å². The van der Waals surface area contributed by atoms with E-state index in [1.807, 2.05) is 6.92 Å². The number of carboxylic acids is 1. The summed E-state index contributed by atoms with van der Waals surface area (Å²) >= 11 is 7.51. The lowest BCUT2D eigenvalue weighted by Gasteiger charge is -2.39. The fourth-order valence-corrected chi connectivity index (χ4v) is 8.00. The highest BCUT2D eigenvalue weighted by molar-refractivity contribution is 8.02. The number of amides is 2. The highest BCUT2D eigenvalue weighted by atomic mass is 35.5. The summed E-state index contributed by atoms with van der Waals surface area (Å²) in [7, 11) is 0. The van der Waals surface area contributed by atoms with Gasteiger partial charge >= 0.3 is 5.97 Å². The maximum atomic E-state index is 14.1. The van der Waals surface area contributed by atoms with Crippen molar-refractivity contribution < 1.29 is 24.6 Å². The molecule has 4 rings (SSSR count). The zero-order chi connectivity index (χ0) is 23.2. The van der Waals surface area contributed by atoms with E-state index >= 15 is 0 Å². The van der Waals surface area contributed by atoms with Crippen LogP contribution >= 0.6 is 23.4 Å². The molecule has 3 aliphatic rings. The Kier molecular flexibility index (Phi) is 6.31. The highest BCUT2D eigenvalue weighted by Crippen LogP contribution is 2.66. The number of aliphatic hydroxyl groups excluding tert-OH is 1. The molecule has 32 heavy (non-hydrogen) atoms. The van der Waals surface area contributed by atoms with Gasteiger partial charge in [0.05, 0.1) is 29.2 Å². The predicted octanol–water partition coefficient (Wildman–Crippen LogP) is 2.81. The van der Waals surface area contributed by atoms with Crippen LogP contribution in [0, 0.1) is 11.8 Å². The summed E-state index contributed by atoms with van der Waals surface area (Å²) in [6.45, 7) is 5.57. The van der Waals surface area contributed by atoms with Gasteiger partial charge < -0.3 is 20.0 Å². The van der Waals surface area contributed by atoms with Gasteiger partial charge in [-0.25, -0.2) is 0 Å². The molecule has 1 aromatic rings. The molecule has 3 fully saturated rings. The molecule has 0 saturated carbocycles. The number of fused-ring (bicyclic) bond motifs is 1. The number of halogens is 1. The Hall–Kier alpha value is -2.03. The molecule has 1 aromatic carbocycles. The van der Waals surface area contributed by atoms with E-state index in [1.165, 1.54) is 16.7 Å². The SMILES string of the molecule is C=CCN(C(=O)C1N([C@@H](CC)CO)C(=O)[C@@H]2[C@@H](C(=O)O)[C@H]3CCC12S3)c1ccc(Cl)cc1. The van der Waals surface area contributed by atoms with Crippen LogP contribution in [0.3, 0.4) is 0 Å². The molecule has 0 aliphatic carbocycles. The number of benzene rings is 1. The van der Waals surface area contributed by atoms with Crippen molar-refractivity contribution in [2.75, 3.05) is 18.1 Å². The van der Waals surface area contributed by atoms with Crippen LogP contribution in [0.15, 0.2) is 36.9 Å². The Morgan fingerprint density at radius 2 is 2.09 bits per heavy atom. The molecule has 1 spiro atoms. The molecule has 7 nitrogen and oxygen atoms in total. The van der Waals surface area contributed by atoms with Crippen molar-refractivity contribution in [2.45, 2.75) is 48.3 Å².